The average Bonchev–Trinajstić information content (AvgIpc) is 2.81. The number of anilines is 2. The van der Waals surface area contributed by atoms with Crippen molar-refractivity contribution in [2.75, 3.05) is 30.3 Å². The van der Waals surface area contributed by atoms with Crippen molar-refractivity contribution in [3.05, 3.63) is 4.88 Å². The van der Waals surface area contributed by atoms with Gasteiger partial charge in [-0.15, -0.1) is 0 Å². The number of amides is 1. The quantitative estimate of drug-likeness (QED) is 0.687. The highest BCUT2D eigenvalue weighted by Crippen LogP contribution is 2.27. The van der Waals surface area contributed by atoms with E-state index in [-0.39, 0.29) is 5.91 Å². The molecule has 120 valence electrons. The summed E-state index contributed by atoms with van der Waals surface area (Å²) < 4.78 is 0. The number of rotatable bonds is 9. The van der Waals surface area contributed by atoms with E-state index in [1.54, 1.807) is 0 Å². The minimum atomic E-state index is -0.104. The van der Waals surface area contributed by atoms with E-state index in [1.807, 2.05) is 0 Å². The molecule has 0 aliphatic carbocycles. The maximum absolute atomic E-state index is 12.1. The fraction of sp³-hybridized carbons (Fsp3) is 0.733. The van der Waals surface area contributed by atoms with Gasteiger partial charge in [-0.1, -0.05) is 38.0 Å². The van der Waals surface area contributed by atoms with Gasteiger partial charge in [-0.05, 0) is 26.2 Å². The van der Waals surface area contributed by atoms with E-state index >= 15 is 0 Å². The van der Waals surface area contributed by atoms with E-state index in [0.29, 0.717) is 17.2 Å². The highest BCUT2D eigenvalue weighted by molar-refractivity contribution is 7.18. The summed E-state index contributed by atoms with van der Waals surface area (Å²) in [5, 5.41) is 3.76. The van der Waals surface area contributed by atoms with E-state index in [9.17, 15) is 4.79 Å². The smallest absolute Gasteiger partial charge is 0.265 e. The Hall–Kier alpha value is -1.30. The van der Waals surface area contributed by atoms with Crippen LogP contribution >= 0.6 is 11.3 Å². The van der Waals surface area contributed by atoms with Crippen molar-refractivity contribution in [3.63, 3.8) is 0 Å². The van der Waals surface area contributed by atoms with Crippen molar-refractivity contribution in [2.45, 2.75) is 47.0 Å². The van der Waals surface area contributed by atoms with Crippen molar-refractivity contribution in [1.29, 1.82) is 0 Å². The van der Waals surface area contributed by atoms with Crippen LogP contribution in [0.2, 0.25) is 0 Å². The van der Waals surface area contributed by atoms with Crippen LogP contribution in [0.4, 0.5) is 10.9 Å². The van der Waals surface area contributed by atoms with Gasteiger partial charge in [0.15, 0.2) is 5.13 Å². The summed E-state index contributed by atoms with van der Waals surface area (Å²) in [4.78, 5) is 19.1. The van der Waals surface area contributed by atoms with Crippen molar-refractivity contribution in [3.8, 4) is 0 Å². The predicted molar refractivity (Wildman–Crippen MR) is 91.1 cm³/mol. The van der Waals surface area contributed by atoms with E-state index in [2.05, 4.69) is 42.9 Å². The van der Waals surface area contributed by atoms with E-state index in [1.165, 1.54) is 17.8 Å². The third-order valence-corrected chi connectivity index (χ3v) is 4.51. The van der Waals surface area contributed by atoms with Crippen LogP contribution in [0.3, 0.4) is 0 Å². The maximum atomic E-state index is 12.1. The first-order chi connectivity index (χ1) is 9.99. The number of carbonyl (C=O) groups excluding carboxylic acids is 1. The monoisotopic (exact) mass is 312 g/mol. The topological polar surface area (TPSA) is 71.2 Å². The van der Waals surface area contributed by atoms with Gasteiger partial charge in [-0.2, -0.15) is 0 Å². The SMILES string of the molecule is CCN(CC)c1nc(N)c(C(=O)NCCCCC(C)C)s1. The summed E-state index contributed by atoms with van der Waals surface area (Å²) >= 11 is 1.37. The van der Waals surface area contributed by atoms with Gasteiger partial charge in [-0.3, -0.25) is 4.79 Å². The Morgan fingerprint density at radius 3 is 2.57 bits per heavy atom. The molecule has 0 saturated carbocycles. The molecule has 0 aliphatic rings. The third-order valence-electron chi connectivity index (χ3n) is 3.38. The lowest BCUT2D eigenvalue weighted by atomic mass is 10.1. The molecule has 0 spiro atoms. The molecule has 21 heavy (non-hydrogen) atoms. The number of hydrogen-bond acceptors (Lipinski definition) is 5. The van der Waals surface area contributed by atoms with Crippen LogP contribution in [0.5, 0.6) is 0 Å². The Bertz CT molecular complexity index is 441. The minimum Gasteiger partial charge on any atom is -0.382 e. The van der Waals surface area contributed by atoms with Gasteiger partial charge in [0.1, 0.15) is 10.7 Å². The molecule has 0 fully saturated rings. The third kappa shape index (κ3) is 5.53. The summed E-state index contributed by atoms with van der Waals surface area (Å²) in [6.07, 6.45) is 3.34. The van der Waals surface area contributed by atoms with Crippen molar-refractivity contribution < 1.29 is 4.79 Å². The number of hydrogen-bond donors (Lipinski definition) is 2. The second-order valence-corrected chi connectivity index (χ2v) is 6.51. The summed E-state index contributed by atoms with van der Waals surface area (Å²) in [5.74, 6) is 0.948. The molecule has 1 aromatic heterocycles. The number of carbonyl (C=O) groups is 1. The molecule has 0 aromatic carbocycles. The molecule has 1 aromatic rings. The zero-order valence-electron chi connectivity index (χ0n) is 13.6. The van der Waals surface area contributed by atoms with Gasteiger partial charge >= 0.3 is 0 Å². The standard InChI is InChI=1S/C15H28N4OS/c1-5-19(6-2)15-18-13(16)12(21-15)14(20)17-10-8-7-9-11(3)4/h11H,5-10,16H2,1-4H3,(H,17,20). The molecule has 1 amide bonds. The minimum absolute atomic E-state index is 0.104. The lowest BCUT2D eigenvalue weighted by Crippen LogP contribution is -2.24. The molecule has 0 aliphatic heterocycles. The first-order valence-electron chi connectivity index (χ1n) is 7.79. The summed E-state index contributed by atoms with van der Waals surface area (Å²) in [7, 11) is 0. The van der Waals surface area contributed by atoms with Gasteiger partial charge in [0.2, 0.25) is 0 Å². The highest BCUT2D eigenvalue weighted by Gasteiger charge is 2.18. The predicted octanol–water partition coefficient (Wildman–Crippen LogP) is 3.13. The van der Waals surface area contributed by atoms with Gasteiger partial charge in [0, 0.05) is 19.6 Å². The first kappa shape index (κ1) is 17.8. The van der Waals surface area contributed by atoms with Crippen LogP contribution in [-0.4, -0.2) is 30.5 Å². The van der Waals surface area contributed by atoms with Crippen molar-refractivity contribution >= 4 is 28.2 Å². The molecular formula is C15H28N4OS. The van der Waals surface area contributed by atoms with Gasteiger partial charge in [0.25, 0.3) is 5.91 Å². The summed E-state index contributed by atoms with van der Waals surface area (Å²) in [6, 6.07) is 0. The largest absolute Gasteiger partial charge is 0.382 e. The van der Waals surface area contributed by atoms with Crippen molar-refractivity contribution in [2.24, 2.45) is 5.92 Å². The molecule has 5 nitrogen and oxygen atoms in total. The highest BCUT2D eigenvalue weighted by atomic mass is 32.1. The molecule has 1 rings (SSSR count). The number of aromatic nitrogens is 1. The fourth-order valence-electron chi connectivity index (χ4n) is 2.07. The van der Waals surface area contributed by atoms with Crippen LogP contribution < -0.4 is 16.0 Å². The van der Waals surface area contributed by atoms with Gasteiger partial charge < -0.3 is 16.0 Å². The van der Waals surface area contributed by atoms with Crippen LogP contribution in [0.15, 0.2) is 0 Å². The number of nitrogen functional groups attached to an aromatic ring is 1. The van der Waals surface area contributed by atoms with Gasteiger partial charge in [0.05, 0.1) is 0 Å². The normalized spacial score (nSPS) is 10.9. The Morgan fingerprint density at radius 1 is 1.33 bits per heavy atom. The van der Waals surface area contributed by atoms with Crippen LogP contribution in [-0.2, 0) is 0 Å². The second-order valence-electron chi connectivity index (χ2n) is 5.53. The van der Waals surface area contributed by atoms with E-state index in [0.717, 1.165) is 37.0 Å². The summed E-state index contributed by atoms with van der Waals surface area (Å²) in [5.41, 5.74) is 5.87. The number of nitrogens with two attached hydrogens (primary N) is 1. The molecular weight excluding hydrogens is 284 g/mol. The first-order valence-corrected chi connectivity index (χ1v) is 8.60. The zero-order valence-corrected chi connectivity index (χ0v) is 14.4. The molecule has 3 N–H and O–H groups in total. The lowest BCUT2D eigenvalue weighted by molar-refractivity contribution is 0.0957. The molecule has 6 heteroatoms. The number of thiazole rings is 1. The van der Waals surface area contributed by atoms with Crippen LogP contribution in [0.25, 0.3) is 0 Å². The Morgan fingerprint density at radius 2 is 2.00 bits per heavy atom. The van der Waals surface area contributed by atoms with Crippen molar-refractivity contribution in [1.82, 2.24) is 10.3 Å². The Labute approximate surface area is 131 Å². The molecule has 0 radical (unpaired) electrons. The van der Waals surface area contributed by atoms with Crippen LogP contribution in [0, 0.1) is 5.92 Å². The molecule has 0 unspecified atom stereocenters. The summed E-state index contributed by atoms with van der Waals surface area (Å²) in [6.45, 7) is 11.0. The van der Waals surface area contributed by atoms with E-state index in [4.69, 9.17) is 5.73 Å². The number of unbranched alkanes of at least 4 members (excludes halogenated alkanes) is 1. The second kappa shape index (κ2) is 8.87. The van der Waals surface area contributed by atoms with E-state index < -0.39 is 0 Å². The maximum Gasteiger partial charge on any atom is 0.265 e. The average molecular weight is 312 g/mol. The molecule has 0 atom stereocenters. The van der Waals surface area contributed by atoms with Gasteiger partial charge in [-0.25, -0.2) is 4.98 Å². The molecule has 1 heterocycles. The lowest BCUT2D eigenvalue weighted by Gasteiger charge is -2.16. The number of nitrogens with zero attached hydrogens (tertiary/aromatic N) is 2. The molecule has 0 saturated heterocycles. The molecule has 0 bridgehead atoms. The number of nitrogens with one attached hydrogen (secondary N) is 1. The Kier molecular flexibility index (Phi) is 7.50. The Balaban J connectivity index is 2.50. The fourth-order valence-corrected chi connectivity index (χ4v) is 3.10. The zero-order chi connectivity index (χ0) is 15.8. The van der Waals surface area contributed by atoms with Crippen LogP contribution in [0.1, 0.15) is 56.6 Å².